The summed E-state index contributed by atoms with van der Waals surface area (Å²) >= 11 is 0. The topological polar surface area (TPSA) is 108 Å². The van der Waals surface area contributed by atoms with Crippen LogP contribution in [0.5, 0.6) is 0 Å². The number of esters is 2. The maximum atomic E-state index is 12.7. The molecule has 63 heavy (non-hydrogen) atoms. The first kappa shape index (κ1) is 60.5. The van der Waals surface area contributed by atoms with Gasteiger partial charge in [-0.15, -0.1) is 0 Å². The van der Waals surface area contributed by atoms with Gasteiger partial charge in [0.1, 0.15) is 19.8 Å². The number of rotatable bonds is 45. The van der Waals surface area contributed by atoms with Crippen molar-refractivity contribution in [2.75, 3.05) is 47.5 Å². The van der Waals surface area contributed by atoms with Crippen molar-refractivity contribution in [2.45, 2.75) is 206 Å². The Morgan fingerprint density at radius 2 is 0.905 bits per heavy atom. The van der Waals surface area contributed by atoms with E-state index in [1.54, 1.807) is 0 Å². The zero-order valence-corrected chi connectivity index (χ0v) is 41.9. The van der Waals surface area contributed by atoms with Crippen LogP contribution in [0.1, 0.15) is 200 Å². The molecular formula is C53H95NO8P+. The number of hydrogen-bond donors (Lipinski definition) is 1. The van der Waals surface area contributed by atoms with E-state index in [2.05, 4.69) is 86.8 Å². The highest BCUT2D eigenvalue weighted by Gasteiger charge is 2.27. The SMILES string of the molecule is CC/C=C\C/C=C\C/C=C\C/C=C\C/C=C\CCCCCCCCCCCCCC(=O)OC(COC(=O)CCCCCCC/C=C\CCCCC)COP(=O)(O)OCC[N+](C)(C)C. The van der Waals surface area contributed by atoms with Crippen molar-refractivity contribution in [3.05, 3.63) is 72.9 Å². The fraction of sp³-hybridized carbons (Fsp3) is 0.736. The van der Waals surface area contributed by atoms with E-state index in [-0.39, 0.29) is 32.0 Å². The predicted octanol–water partition coefficient (Wildman–Crippen LogP) is 15.0. The van der Waals surface area contributed by atoms with E-state index < -0.39 is 26.5 Å². The minimum absolute atomic E-state index is 0.0272. The van der Waals surface area contributed by atoms with Crippen LogP contribution in [0.3, 0.4) is 0 Å². The normalized spacial score (nSPS) is 14.1. The molecule has 0 fully saturated rings. The van der Waals surface area contributed by atoms with Crippen LogP contribution in [-0.2, 0) is 32.7 Å². The van der Waals surface area contributed by atoms with Crippen LogP contribution in [0.15, 0.2) is 72.9 Å². The number of nitrogens with zero attached hydrogens (tertiary/aromatic N) is 1. The van der Waals surface area contributed by atoms with Crippen LogP contribution in [-0.4, -0.2) is 74.9 Å². The third-order valence-corrected chi connectivity index (χ3v) is 11.5. The van der Waals surface area contributed by atoms with E-state index in [0.29, 0.717) is 17.4 Å². The first-order valence-electron chi connectivity index (χ1n) is 25.2. The number of phosphoric ester groups is 1. The second kappa shape index (κ2) is 44.6. The fourth-order valence-electron chi connectivity index (χ4n) is 6.56. The van der Waals surface area contributed by atoms with E-state index in [0.717, 1.165) is 96.3 Å². The fourth-order valence-corrected chi connectivity index (χ4v) is 7.31. The summed E-state index contributed by atoms with van der Waals surface area (Å²) < 4.78 is 34.4. The first-order valence-corrected chi connectivity index (χ1v) is 26.7. The highest BCUT2D eigenvalue weighted by molar-refractivity contribution is 7.47. The molecule has 10 heteroatoms. The molecule has 0 aliphatic heterocycles. The second-order valence-electron chi connectivity index (χ2n) is 17.8. The number of quaternary nitrogens is 1. The second-order valence-corrected chi connectivity index (χ2v) is 19.3. The van der Waals surface area contributed by atoms with Crippen LogP contribution >= 0.6 is 7.82 Å². The third kappa shape index (κ3) is 48.7. The lowest BCUT2D eigenvalue weighted by molar-refractivity contribution is -0.870. The number of phosphoric acid groups is 1. The lowest BCUT2D eigenvalue weighted by Gasteiger charge is -2.24. The number of hydrogen-bond acceptors (Lipinski definition) is 7. The van der Waals surface area contributed by atoms with Gasteiger partial charge in [-0.3, -0.25) is 18.6 Å². The van der Waals surface area contributed by atoms with Crippen LogP contribution in [0.2, 0.25) is 0 Å². The van der Waals surface area contributed by atoms with Gasteiger partial charge < -0.3 is 18.9 Å². The van der Waals surface area contributed by atoms with Crippen molar-refractivity contribution in [1.82, 2.24) is 0 Å². The Morgan fingerprint density at radius 1 is 0.508 bits per heavy atom. The van der Waals surface area contributed by atoms with Gasteiger partial charge in [0, 0.05) is 12.8 Å². The van der Waals surface area contributed by atoms with E-state index >= 15 is 0 Å². The standard InChI is InChI=1S/C53H94NO8P/c1-6-8-10-12-14-16-18-20-21-22-23-24-25-26-27-28-29-30-31-32-33-34-36-38-40-42-44-46-53(56)62-51(50-61-63(57,58)60-48-47-54(3,4)5)49-59-52(55)45-43-41-39-37-35-19-17-15-13-11-9-7-2/h8,10,14-17,20-21,23-24,26-27,51H,6-7,9,11-13,18-19,22,25,28-50H2,1-5H3/p+1/b10-8-,16-14-,17-15-,21-20-,24-23-,27-26-. The third-order valence-electron chi connectivity index (χ3n) is 10.5. The molecule has 0 saturated heterocycles. The van der Waals surface area contributed by atoms with Crippen LogP contribution in [0.4, 0.5) is 0 Å². The molecule has 0 saturated carbocycles. The molecule has 1 N–H and O–H groups in total. The Morgan fingerprint density at radius 3 is 1.37 bits per heavy atom. The molecule has 0 bridgehead atoms. The molecule has 0 aliphatic rings. The van der Waals surface area contributed by atoms with Gasteiger partial charge in [-0.2, -0.15) is 0 Å². The molecule has 0 aromatic heterocycles. The van der Waals surface area contributed by atoms with Crippen LogP contribution in [0.25, 0.3) is 0 Å². The van der Waals surface area contributed by atoms with Crippen LogP contribution < -0.4 is 0 Å². The van der Waals surface area contributed by atoms with E-state index in [1.807, 2.05) is 21.1 Å². The molecular weight excluding hydrogens is 810 g/mol. The molecule has 0 aliphatic carbocycles. The van der Waals surface area contributed by atoms with Gasteiger partial charge in [0.05, 0.1) is 27.7 Å². The maximum Gasteiger partial charge on any atom is 0.472 e. The quantitative estimate of drug-likeness (QED) is 0.0212. The highest BCUT2D eigenvalue weighted by atomic mass is 31.2. The zero-order valence-electron chi connectivity index (χ0n) is 41.0. The minimum Gasteiger partial charge on any atom is -0.462 e. The predicted molar refractivity (Wildman–Crippen MR) is 266 cm³/mol. The summed E-state index contributed by atoms with van der Waals surface area (Å²) in [5, 5.41) is 0. The van der Waals surface area contributed by atoms with Gasteiger partial charge in [0.2, 0.25) is 0 Å². The van der Waals surface area contributed by atoms with Gasteiger partial charge in [-0.1, -0.05) is 177 Å². The van der Waals surface area contributed by atoms with Crippen molar-refractivity contribution < 1.29 is 42.1 Å². The van der Waals surface area contributed by atoms with Crippen molar-refractivity contribution >= 4 is 19.8 Å². The Labute approximate surface area is 387 Å². The average molecular weight is 905 g/mol. The Bertz CT molecular complexity index is 1300. The van der Waals surface area contributed by atoms with Gasteiger partial charge in [-0.05, 0) is 83.5 Å². The molecule has 0 rings (SSSR count). The van der Waals surface area contributed by atoms with Gasteiger partial charge in [-0.25, -0.2) is 4.57 Å². The molecule has 0 radical (unpaired) electrons. The molecule has 0 heterocycles. The molecule has 2 unspecified atom stereocenters. The number of carbonyl (C=O) groups is 2. The maximum absolute atomic E-state index is 12.7. The molecule has 0 spiro atoms. The van der Waals surface area contributed by atoms with Gasteiger partial charge in [0.15, 0.2) is 6.10 Å². The number of likely N-dealkylation sites (N-methyl/N-ethyl adjacent to an activating group) is 1. The summed E-state index contributed by atoms with van der Waals surface area (Å²) in [4.78, 5) is 35.5. The molecule has 364 valence electrons. The van der Waals surface area contributed by atoms with Crippen LogP contribution in [0, 0.1) is 0 Å². The van der Waals surface area contributed by atoms with Crippen molar-refractivity contribution in [1.29, 1.82) is 0 Å². The number of allylic oxidation sites excluding steroid dienone is 12. The lowest BCUT2D eigenvalue weighted by atomic mass is 10.0. The summed E-state index contributed by atoms with van der Waals surface area (Å²) in [7, 11) is 1.46. The molecule has 0 aromatic carbocycles. The van der Waals surface area contributed by atoms with Crippen molar-refractivity contribution in [3.63, 3.8) is 0 Å². The Kier molecular flexibility index (Phi) is 42.8. The number of unbranched alkanes of at least 4 members (excludes halogenated alkanes) is 19. The van der Waals surface area contributed by atoms with Crippen molar-refractivity contribution in [3.8, 4) is 0 Å². The summed E-state index contributed by atoms with van der Waals surface area (Å²) in [5.74, 6) is -0.815. The molecule has 0 amide bonds. The van der Waals surface area contributed by atoms with Gasteiger partial charge >= 0.3 is 19.8 Å². The van der Waals surface area contributed by atoms with Gasteiger partial charge in [0.25, 0.3) is 0 Å². The van der Waals surface area contributed by atoms with E-state index in [4.69, 9.17) is 18.5 Å². The largest absolute Gasteiger partial charge is 0.472 e. The monoisotopic (exact) mass is 905 g/mol. The smallest absolute Gasteiger partial charge is 0.462 e. The summed E-state index contributed by atoms with van der Waals surface area (Å²) in [5.41, 5.74) is 0. The molecule has 0 aromatic rings. The Balaban J connectivity index is 4.20. The zero-order chi connectivity index (χ0) is 46.4. The highest BCUT2D eigenvalue weighted by Crippen LogP contribution is 2.43. The number of carbonyl (C=O) groups excluding carboxylic acids is 2. The first-order chi connectivity index (χ1) is 30.5. The van der Waals surface area contributed by atoms with E-state index in [1.165, 1.54) is 70.6 Å². The summed E-state index contributed by atoms with van der Waals surface area (Å²) in [6.45, 7) is 4.27. The van der Waals surface area contributed by atoms with E-state index in [9.17, 15) is 19.0 Å². The Hall–Kier alpha value is -2.55. The molecule has 2 atom stereocenters. The lowest BCUT2D eigenvalue weighted by Crippen LogP contribution is -2.37. The average Bonchev–Trinajstić information content (AvgIpc) is 3.24. The minimum atomic E-state index is -4.38. The van der Waals surface area contributed by atoms with Crippen molar-refractivity contribution in [2.24, 2.45) is 0 Å². The molecule has 9 nitrogen and oxygen atoms in total. The number of ether oxygens (including phenoxy) is 2. The summed E-state index contributed by atoms with van der Waals surface area (Å²) in [6.07, 6.45) is 56.7. The summed E-state index contributed by atoms with van der Waals surface area (Å²) in [6, 6.07) is 0.